The summed E-state index contributed by atoms with van der Waals surface area (Å²) in [6.45, 7) is -1.01. The van der Waals surface area contributed by atoms with Crippen molar-refractivity contribution in [3.05, 3.63) is 271 Å². The summed E-state index contributed by atoms with van der Waals surface area (Å²) >= 11 is 2.24. The van der Waals surface area contributed by atoms with Gasteiger partial charge in [-0.2, -0.15) is 0 Å². The molecule has 0 N–H and O–H groups in total. The van der Waals surface area contributed by atoms with E-state index in [1.165, 1.54) is 0 Å². The molecule has 0 aliphatic heterocycles. The summed E-state index contributed by atoms with van der Waals surface area (Å²) in [5.74, 6) is -6.82. The molecule has 0 fully saturated rings. The van der Waals surface area contributed by atoms with Gasteiger partial charge < -0.3 is 18.9 Å². The molecule has 13 rings (SSSR count). The number of esters is 4. The molecule has 9 aromatic rings. The molecule has 7 aromatic carbocycles. The van der Waals surface area contributed by atoms with Crippen LogP contribution in [0.15, 0.2) is 194 Å². The van der Waals surface area contributed by atoms with Gasteiger partial charge in [0.15, 0.2) is 0 Å². The molecule has 0 saturated carbocycles. The lowest BCUT2D eigenvalue weighted by Gasteiger charge is -2.29. The van der Waals surface area contributed by atoms with E-state index >= 15 is 19.2 Å². The molecule has 14 heteroatoms. The third-order valence-corrected chi connectivity index (χ3v) is 17.5. The average Bonchev–Trinajstić information content (AvgIpc) is 2.02. The van der Waals surface area contributed by atoms with Gasteiger partial charge in [-0.15, -0.1) is 22.7 Å². The quantitative estimate of drug-likeness (QED) is 0.0332. The fraction of sp³-hybridized carbons (Fsp3) is 0.0882. The third-order valence-electron chi connectivity index (χ3n) is 15.2. The van der Waals surface area contributed by atoms with E-state index in [2.05, 4.69) is 0 Å². The molecule has 0 bridgehead atoms. The molecule has 0 unspecified atom stereocenters. The van der Waals surface area contributed by atoms with Gasteiger partial charge in [0.05, 0.1) is 0 Å². The minimum absolute atomic E-state index is 0.108. The smallest absolute Gasteiger partial charge is 0.333 e. The second kappa shape index (κ2) is 20.6. The Bertz CT molecular complexity index is 3880. The molecule has 0 radical (unpaired) electrons. The molecule has 0 atom stereocenters. The molecule has 4 aliphatic carbocycles. The fourth-order valence-corrected chi connectivity index (χ4v) is 13.7. The highest BCUT2D eigenvalue weighted by Crippen LogP contribution is 2.61. The van der Waals surface area contributed by atoms with Crippen LogP contribution in [0.1, 0.15) is 86.1 Å². The number of fused-ring (bicyclic) bond motifs is 8. The third kappa shape index (κ3) is 8.33. The number of hydrogen-bond donors (Lipinski definition) is 0. The summed E-state index contributed by atoms with van der Waals surface area (Å²) in [6, 6.07) is 55.4. The van der Waals surface area contributed by atoms with Crippen molar-refractivity contribution in [2.75, 3.05) is 0 Å². The number of hydrogen-bond acceptors (Lipinski definition) is 14. The normalized spacial score (nSPS) is 15.6. The molecule has 0 spiro atoms. The van der Waals surface area contributed by atoms with Crippen molar-refractivity contribution < 1.29 is 57.3 Å². The van der Waals surface area contributed by atoms with Gasteiger partial charge in [-0.3, -0.25) is 38.4 Å². The van der Waals surface area contributed by atoms with Crippen molar-refractivity contribution in [2.24, 2.45) is 0 Å². The van der Waals surface area contributed by atoms with Crippen LogP contribution in [0.5, 0.6) is 0 Å². The highest BCUT2D eigenvalue weighted by atomic mass is 32.1. The second-order valence-corrected chi connectivity index (χ2v) is 22.2. The lowest BCUT2D eigenvalue weighted by atomic mass is 9.75. The number of Topliss-reactive ketones (excluding diaryl/α,β-unsaturated/α-hetero) is 4. The minimum atomic E-state index is -2.40. The zero-order chi connectivity index (χ0) is 56.3. The van der Waals surface area contributed by atoms with Gasteiger partial charge in [0.1, 0.15) is 26.4 Å². The Hall–Kier alpha value is -10.0. The van der Waals surface area contributed by atoms with Gasteiger partial charge in [0.2, 0.25) is 34.0 Å². The Morgan fingerprint density at radius 3 is 0.915 bits per heavy atom. The van der Waals surface area contributed by atoms with Crippen molar-refractivity contribution in [1.29, 1.82) is 0 Å². The number of allylic oxidation sites excluding steroid dienone is 2. The molecule has 2 aromatic heterocycles. The number of carbonyl (C=O) groups excluding carboxylic acids is 8. The van der Waals surface area contributed by atoms with E-state index in [1.54, 1.807) is 182 Å². The van der Waals surface area contributed by atoms with E-state index in [-0.39, 0.29) is 82.1 Å². The maximum Gasteiger partial charge on any atom is 0.333 e. The molecule has 82 heavy (non-hydrogen) atoms. The van der Waals surface area contributed by atoms with Crippen LogP contribution in [0.4, 0.5) is 0 Å². The Kier molecular flexibility index (Phi) is 12.9. The van der Waals surface area contributed by atoms with Gasteiger partial charge in [-0.1, -0.05) is 170 Å². The van der Waals surface area contributed by atoms with E-state index in [1.807, 2.05) is 24.3 Å². The minimum Gasteiger partial charge on any atom is -0.459 e. The van der Waals surface area contributed by atoms with Crippen LogP contribution in [-0.4, -0.2) is 47.0 Å². The van der Waals surface area contributed by atoms with E-state index < -0.39 is 57.8 Å². The molecule has 2 heterocycles. The first-order chi connectivity index (χ1) is 40.0. The van der Waals surface area contributed by atoms with E-state index in [4.69, 9.17) is 18.9 Å². The van der Waals surface area contributed by atoms with Crippen LogP contribution < -0.4 is 0 Å². The van der Waals surface area contributed by atoms with Crippen molar-refractivity contribution >= 4 is 93.0 Å². The zero-order valence-electron chi connectivity index (χ0n) is 43.2. The molecular weight excluding hydrogens is 1070 g/mol. The molecule has 12 nitrogen and oxygen atoms in total. The largest absolute Gasteiger partial charge is 0.459 e. The van der Waals surface area contributed by atoms with Crippen LogP contribution >= 0.6 is 22.7 Å². The number of ketones is 4. The van der Waals surface area contributed by atoms with Gasteiger partial charge >= 0.3 is 23.9 Å². The fourth-order valence-electron chi connectivity index (χ4n) is 11.3. The average molecular weight is 1120 g/mol. The number of rotatable bonds is 14. The van der Waals surface area contributed by atoms with Gasteiger partial charge in [0.25, 0.3) is 0 Å². The summed E-state index contributed by atoms with van der Waals surface area (Å²) < 4.78 is 25.0. The first-order valence-corrected chi connectivity index (χ1v) is 27.7. The molecular formula is C68H42O12S2. The maximum absolute atomic E-state index is 15.8. The van der Waals surface area contributed by atoms with Crippen LogP contribution in [-0.2, 0) is 85.0 Å². The first-order valence-electron chi connectivity index (χ1n) is 26.1. The number of carbonyl (C=O) groups is 8. The number of ether oxygens (including phenoxy) is 4. The highest BCUT2D eigenvalue weighted by molar-refractivity contribution is 7.17. The predicted molar refractivity (Wildman–Crippen MR) is 307 cm³/mol. The van der Waals surface area contributed by atoms with Crippen LogP contribution in [0.2, 0.25) is 0 Å². The van der Waals surface area contributed by atoms with Crippen molar-refractivity contribution in [1.82, 2.24) is 0 Å². The molecule has 0 amide bonds. The number of benzene rings is 7. The summed E-state index contributed by atoms with van der Waals surface area (Å²) in [5.41, 5.74) is 0.215. The van der Waals surface area contributed by atoms with Crippen LogP contribution in [0.3, 0.4) is 0 Å². The Morgan fingerprint density at radius 1 is 0.329 bits per heavy atom. The topological polar surface area (TPSA) is 173 Å². The van der Waals surface area contributed by atoms with Crippen LogP contribution in [0, 0.1) is 0 Å². The van der Waals surface area contributed by atoms with E-state index in [9.17, 15) is 19.2 Å². The van der Waals surface area contributed by atoms with Gasteiger partial charge in [-0.05, 0) is 92.1 Å². The summed E-state index contributed by atoms with van der Waals surface area (Å²) in [6.07, 6.45) is 3.11. The standard InChI is InChI=1S/C68H42O12S2/c69-57-47-27-15-13-25-45(47)49(59(57)71)29-43-31-55-61(81-43)51-34-54-52(33-53(51)67(55,63(73)77-35-39-17-5-1-6-18-39)64(74)78-36-40-19-7-2-8-20-40)62-56(32-44(82-62)30-50-46-26-14-16-28-48(46)58(70)60(50)72)68(54,65(75)79-37-41-21-9-3-10-22-41)66(76)80-38-42-23-11-4-12-24-42/h1-34H,35-38H2/b49-29-,50-30-. The Morgan fingerprint density at radius 2 is 0.610 bits per heavy atom. The van der Waals surface area contributed by atoms with Crippen molar-refractivity contribution in [3.8, 4) is 20.9 Å². The summed E-state index contributed by atoms with van der Waals surface area (Å²) in [7, 11) is 0. The Balaban J connectivity index is 1.06. The molecule has 398 valence electrons. The molecule has 0 saturated heterocycles. The highest BCUT2D eigenvalue weighted by Gasteiger charge is 2.63. The summed E-state index contributed by atoms with van der Waals surface area (Å²) in [4.78, 5) is 119. The lowest BCUT2D eigenvalue weighted by Crippen LogP contribution is -2.46. The van der Waals surface area contributed by atoms with E-state index in [0.29, 0.717) is 52.9 Å². The SMILES string of the molecule is O=C1C(=O)c2ccccc2/C1=C/c1cc2c(s1)-c1cc3c(cc1C2(C(=O)OCc1ccccc1)C(=O)OCc1ccccc1)-c1sc(/C=C2\C(=O)C(=O)c4ccccc42)cc1C3(C(=O)OCc1ccccc1)C(=O)OCc1ccccc1. The van der Waals surface area contributed by atoms with Crippen molar-refractivity contribution in [3.63, 3.8) is 0 Å². The number of thiophene rings is 2. The lowest BCUT2D eigenvalue weighted by molar-refractivity contribution is -0.166. The second-order valence-electron chi connectivity index (χ2n) is 20.0. The van der Waals surface area contributed by atoms with Crippen molar-refractivity contribution in [2.45, 2.75) is 37.3 Å². The monoisotopic (exact) mass is 1110 g/mol. The first kappa shape index (κ1) is 51.4. The Labute approximate surface area is 476 Å². The van der Waals surface area contributed by atoms with Gasteiger partial charge in [0, 0.05) is 52.9 Å². The van der Waals surface area contributed by atoms with E-state index in [0.717, 1.165) is 22.7 Å². The van der Waals surface area contributed by atoms with Gasteiger partial charge in [-0.25, -0.2) is 0 Å². The molecule has 4 aliphatic rings. The van der Waals surface area contributed by atoms with Crippen LogP contribution in [0.25, 0.3) is 44.2 Å². The summed E-state index contributed by atoms with van der Waals surface area (Å²) in [5, 5.41) is 0. The zero-order valence-corrected chi connectivity index (χ0v) is 44.8. The predicted octanol–water partition coefficient (Wildman–Crippen LogP) is 11.9. The maximum atomic E-state index is 15.8.